The third kappa shape index (κ3) is 1.52. The molecule has 70 valence electrons. The van der Waals surface area contributed by atoms with Gasteiger partial charge in [-0.05, 0) is 24.3 Å². The summed E-state index contributed by atoms with van der Waals surface area (Å²) in [5.74, 6) is 0. The van der Waals surface area contributed by atoms with Crippen molar-refractivity contribution in [3.63, 3.8) is 0 Å². The lowest BCUT2D eigenvalue weighted by Gasteiger charge is -2.04. The molecule has 0 saturated heterocycles. The Bertz CT molecular complexity index is 432. The summed E-state index contributed by atoms with van der Waals surface area (Å²) >= 11 is 0. The fourth-order valence-electron chi connectivity index (χ4n) is 1.38. The average Bonchev–Trinajstić information content (AvgIpc) is 2.68. The molecule has 0 radical (unpaired) electrons. The van der Waals surface area contributed by atoms with Gasteiger partial charge in [0.25, 0.3) is 0 Å². The smallest absolute Gasteiger partial charge is 0.0901 e. The number of aromatic nitrogens is 1. The van der Waals surface area contributed by atoms with E-state index in [1.54, 1.807) is 0 Å². The monoisotopic (exact) mass is 186 g/mol. The summed E-state index contributed by atoms with van der Waals surface area (Å²) in [6, 6.07) is 13.7. The van der Waals surface area contributed by atoms with Gasteiger partial charge < -0.3 is 9.77 Å². The van der Waals surface area contributed by atoms with Crippen LogP contribution in [0.3, 0.4) is 0 Å². The van der Waals surface area contributed by atoms with E-state index in [0.29, 0.717) is 0 Å². The highest BCUT2D eigenvalue weighted by Crippen LogP contribution is 2.10. The molecule has 0 atom stereocenters. The first-order valence-electron chi connectivity index (χ1n) is 4.32. The van der Waals surface area contributed by atoms with Gasteiger partial charge in [-0.1, -0.05) is 23.4 Å². The summed E-state index contributed by atoms with van der Waals surface area (Å²) < 4.78 is 1.94. The van der Waals surface area contributed by atoms with Crippen LogP contribution in [0.1, 0.15) is 5.69 Å². The maximum atomic E-state index is 8.47. The van der Waals surface area contributed by atoms with Crippen LogP contribution in [-0.4, -0.2) is 16.0 Å². The lowest BCUT2D eigenvalue weighted by atomic mass is 10.3. The van der Waals surface area contributed by atoms with Crippen molar-refractivity contribution in [3.8, 4) is 5.69 Å². The molecule has 0 bridgehead atoms. The molecule has 0 unspecified atom stereocenters. The zero-order valence-corrected chi connectivity index (χ0v) is 7.54. The number of hydrogen-bond acceptors (Lipinski definition) is 2. The summed E-state index contributed by atoms with van der Waals surface area (Å²) in [5.41, 5.74) is 1.89. The third-order valence-electron chi connectivity index (χ3n) is 2.00. The van der Waals surface area contributed by atoms with E-state index in [2.05, 4.69) is 5.16 Å². The molecule has 0 spiro atoms. The first kappa shape index (κ1) is 8.56. The Morgan fingerprint density at radius 2 is 1.86 bits per heavy atom. The quantitative estimate of drug-likeness (QED) is 0.436. The molecule has 0 aliphatic heterocycles. The normalized spacial score (nSPS) is 10.9. The second-order valence-corrected chi connectivity index (χ2v) is 2.88. The number of para-hydroxylation sites is 1. The van der Waals surface area contributed by atoms with E-state index in [9.17, 15) is 0 Å². The molecule has 2 aromatic rings. The molecule has 0 aliphatic carbocycles. The van der Waals surface area contributed by atoms with Crippen LogP contribution in [0.4, 0.5) is 0 Å². The van der Waals surface area contributed by atoms with Gasteiger partial charge in [-0.15, -0.1) is 0 Å². The van der Waals surface area contributed by atoms with E-state index in [0.717, 1.165) is 11.4 Å². The fourth-order valence-corrected chi connectivity index (χ4v) is 1.38. The molecule has 2 rings (SSSR count). The minimum absolute atomic E-state index is 0.846. The number of nitrogens with zero attached hydrogens (tertiary/aromatic N) is 2. The first-order valence-corrected chi connectivity index (χ1v) is 4.32. The van der Waals surface area contributed by atoms with Gasteiger partial charge in [0.05, 0.1) is 11.9 Å². The van der Waals surface area contributed by atoms with E-state index < -0.39 is 0 Å². The molecule has 1 aromatic heterocycles. The van der Waals surface area contributed by atoms with Crippen molar-refractivity contribution < 1.29 is 5.21 Å². The number of oxime groups is 1. The molecule has 1 N–H and O–H groups in total. The third-order valence-corrected chi connectivity index (χ3v) is 2.00. The molecule has 0 aliphatic rings. The molecular weight excluding hydrogens is 176 g/mol. The summed E-state index contributed by atoms with van der Waals surface area (Å²) in [5, 5.41) is 11.5. The van der Waals surface area contributed by atoms with Crippen molar-refractivity contribution in [2.75, 3.05) is 0 Å². The van der Waals surface area contributed by atoms with Crippen LogP contribution in [-0.2, 0) is 0 Å². The van der Waals surface area contributed by atoms with Crippen LogP contribution < -0.4 is 0 Å². The predicted octanol–water partition coefficient (Wildman–Crippen LogP) is 2.29. The number of hydrogen-bond donors (Lipinski definition) is 1. The second-order valence-electron chi connectivity index (χ2n) is 2.88. The summed E-state index contributed by atoms with van der Waals surface area (Å²) in [6.07, 6.45) is 3.33. The van der Waals surface area contributed by atoms with Crippen molar-refractivity contribution in [1.29, 1.82) is 0 Å². The van der Waals surface area contributed by atoms with Gasteiger partial charge in [-0.3, -0.25) is 0 Å². The van der Waals surface area contributed by atoms with Crippen molar-refractivity contribution in [1.82, 2.24) is 4.57 Å². The second kappa shape index (κ2) is 3.79. The molecule has 1 aromatic carbocycles. The summed E-state index contributed by atoms with van der Waals surface area (Å²) in [7, 11) is 0. The zero-order chi connectivity index (χ0) is 9.80. The Morgan fingerprint density at radius 3 is 2.57 bits per heavy atom. The molecule has 0 saturated carbocycles. The van der Waals surface area contributed by atoms with Crippen LogP contribution in [0, 0.1) is 0 Å². The van der Waals surface area contributed by atoms with Gasteiger partial charge in [0.15, 0.2) is 0 Å². The standard InChI is InChI=1S/C11H10N2O/c14-12-9-11-7-4-8-13(11)10-5-2-1-3-6-10/h1-9,14H. The van der Waals surface area contributed by atoms with Gasteiger partial charge in [-0.25, -0.2) is 0 Å². The molecule has 3 nitrogen and oxygen atoms in total. The van der Waals surface area contributed by atoms with Crippen LogP contribution in [0.15, 0.2) is 53.8 Å². The highest BCUT2D eigenvalue weighted by molar-refractivity contribution is 5.78. The minimum atomic E-state index is 0.846. The van der Waals surface area contributed by atoms with Crippen LogP contribution in [0.25, 0.3) is 5.69 Å². The van der Waals surface area contributed by atoms with Gasteiger partial charge in [0, 0.05) is 11.9 Å². The van der Waals surface area contributed by atoms with E-state index in [1.807, 2.05) is 53.2 Å². The van der Waals surface area contributed by atoms with Crippen LogP contribution in [0.2, 0.25) is 0 Å². The molecule has 14 heavy (non-hydrogen) atoms. The van der Waals surface area contributed by atoms with E-state index in [1.165, 1.54) is 6.21 Å². The molecule has 0 fully saturated rings. The average molecular weight is 186 g/mol. The maximum Gasteiger partial charge on any atom is 0.0901 e. The van der Waals surface area contributed by atoms with Gasteiger partial charge in [0.2, 0.25) is 0 Å². The first-order chi connectivity index (χ1) is 6.92. The van der Waals surface area contributed by atoms with Crippen molar-refractivity contribution in [2.45, 2.75) is 0 Å². The largest absolute Gasteiger partial charge is 0.411 e. The lowest BCUT2D eigenvalue weighted by Crippen LogP contribution is -1.96. The Balaban J connectivity index is 2.47. The van der Waals surface area contributed by atoms with Crippen LogP contribution >= 0.6 is 0 Å². The lowest BCUT2D eigenvalue weighted by molar-refractivity contribution is 0.321. The molecule has 0 amide bonds. The van der Waals surface area contributed by atoms with Crippen molar-refractivity contribution >= 4 is 6.21 Å². The highest BCUT2D eigenvalue weighted by Gasteiger charge is 1.99. The number of rotatable bonds is 2. The SMILES string of the molecule is ON=Cc1cccn1-c1ccccc1. The number of benzene rings is 1. The Kier molecular flexibility index (Phi) is 2.32. The summed E-state index contributed by atoms with van der Waals surface area (Å²) in [6.45, 7) is 0. The van der Waals surface area contributed by atoms with Gasteiger partial charge in [-0.2, -0.15) is 0 Å². The van der Waals surface area contributed by atoms with E-state index >= 15 is 0 Å². The highest BCUT2D eigenvalue weighted by atomic mass is 16.4. The Labute approximate surface area is 81.9 Å². The maximum absolute atomic E-state index is 8.47. The van der Waals surface area contributed by atoms with E-state index in [4.69, 9.17) is 5.21 Å². The van der Waals surface area contributed by atoms with Gasteiger partial charge >= 0.3 is 0 Å². The van der Waals surface area contributed by atoms with Crippen molar-refractivity contribution in [3.05, 3.63) is 54.4 Å². The fraction of sp³-hybridized carbons (Fsp3) is 0. The predicted molar refractivity (Wildman–Crippen MR) is 55.1 cm³/mol. The minimum Gasteiger partial charge on any atom is -0.411 e. The molecule has 1 heterocycles. The molecular formula is C11H10N2O. The molecule has 3 heteroatoms. The summed E-state index contributed by atoms with van der Waals surface area (Å²) in [4.78, 5) is 0. The topological polar surface area (TPSA) is 37.5 Å². The van der Waals surface area contributed by atoms with Gasteiger partial charge in [0.1, 0.15) is 0 Å². The van der Waals surface area contributed by atoms with Crippen LogP contribution in [0.5, 0.6) is 0 Å². The zero-order valence-electron chi connectivity index (χ0n) is 7.54. The Morgan fingerprint density at radius 1 is 1.07 bits per heavy atom. The van der Waals surface area contributed by atoms with Crippen molar-refractivity contribution in [2.24, 2.45) is 5.16 Å². The van der Waals surface area contributed by atoms with E-state index in [-0.39, 0.29) is 0 Å². The Hall–Kier alpha value is -2.03.